The quantitative estimate of drug-likeness (QED) is 0.780. The Morgan fingerprint density at radius 1 is 1.16 bits per heavy atom. The van der Waals surface area contributed by atoms with E-state index in [2.05, 4.69) is 10.2 Å². The van der Waals surface area contributed by atoms with E-state index in [9.17, 15) is 18.0 Å². The molecule has 2 aliphatic rings. The van der Waals surface area contributed by atoms with Gasteiger partial charge in [-0.05, 0) is 43.9 Å². The van der Waals surface area contributed by atoms with Crippen molar-refractivity contribution in [3.8, 4) is 0 Å². The van der Waals surface area contributed by atoms with Crippen LogP contribution in [-0.2, 0) is 17.5 Å². The lowest BCUT2D eigenvalue weighted by molar-refractivity contribution is -0.137. The molecule has 1 saturated carbocycles. The number of nitrogens with one attached hydrogen (secondary N) is 1. The predicted octanol–water partition coefficient (Wildman–Crippen LogP) is 4.12. The lowest BCUT2D eigenvalue weighted by atomic mass is 10.1. The molecular formula is C19H25F3N2O. The number of halogens is 3. The van der Waals surface area contributed by atoms with Crippen LogP contribution in [0.2, 0.25) is 0 Å². The summed E-state index contributed by atoms with van der Waals surface area (Å²) in [4.78, 5) is 14.3. The summed E-state index contributed by atoms with van der Waals surface area (Å²) in [6.07, 6.45) is 2.72. The van der Waals surface area contributed by atoms with Crippen LogP contribution in [-0.4, -0.2) is 29.4 Å². The van der Waals surface area contributed by atoms with Gasteiger partial charge < -0.3 is 10.2 Å². The summed E-state index contributed by atoms with van der Waals surface area (Å²) in [5.74, 6) is 0.273. The third-order valence-electron chi connectivity index (χ3n) is 5.33. The van der Waals surface area contributed by atoms with Gasteiger partial charge in [-0.3, -0.25) is 4.79 Å². The second-order valence-electron chi connectivity index (χ2n) is 7.10. The number of carbonyl (C=O) groups excluding carboxylic acids is 1. The lowest BCUT2D eigenvalue weighted by Crippen LogP contribution is -2.41. The van der Waals surface area contributed by atoms with Crippen LogP contribution in [0.1, 0.15) is 56.1 Å². The average Bonchev–Trinajstić information content (AvgIpc) is 3.20. The van der Waals surface area contributed by atoms with Crippen molar-refractivity contribution in [2.24, 2.45) is 0 Å². The molecule has 0 spiro atoms. The molecule has 1 atom stereocenters. The van der Waals surface area contributed by atoms with E-state index < -0.39 is 11.7 Å². The van der Waals surface area contributed by atoms with Crippen LogP contribution in [0.4, 0.5) is 13.2 Å². The number of rotatable bonds is 6. The van der Waals surface area contributed by atoms with Crippen LogP contribution in [0.15, 0.2) is 24.3 Å². The summed E-state index contributed by atoms with van der Waals surface area (Å²) in [5, 5.41) is 3.23. The molecule has 6 heteroatoms. The van der Waals surface area contributed by atoms with Gasteiger partial charge in [-0.25, -0.2) is 0 Å². The van der Waals surface area contributed by atoms with Crippen molar-refractivity contribution < 1.29 is 18.0 Å². The second-order valence-corrected chi connectivity index (χ2v) is 7.10. The van der Waals surface area contributed by atoms with E-state index in [1.807, 2.05) is 0 Å². The Balaban J connectivity index is 1.47. The lowest BCUT2D eigenvalue weighted by Gasteiger charge is -2.31. The molecule has 2 fully saturated rings. The average molecular weight is 354 g/mol. The number of alkyl halides is 3. The molecule has 1 unspecified atom stereocenters. The van der Waals surface area contributed by atoms with Gasteiger partial charge in [0.25, 0.3) is 0 Å². The molecule has 1 aliphatic heterocycles. The zero-order chi connectivity index (χ0) is 17.9. The Bertz CT molecular complexity index is 597. The first-order chi connectivity index (χ1) is 11.9. The molecule has 1 aromatic rings. The summed E-state index contributed by atoms with van der Waals surface area (Å²) in [7, 11) is 0. The van der Waals surface area contributed by atoms with Crippen LogP contribution in [0.3, 0.4) is 0 Å². The van der Waals surface area contributed by atoms with Gasteiger partial charge in [0.05, 0.1) is 5.56 Å². The zero-order valence-corrected chi connectivity index (χ0v) is 14.3. The predicted molar refractivity (Wildman–Crippen MR) is 89.9 cm³/mol. The van der Waals surface area contributed by atoms with E-state index in [1.54, 1.807) is 6.07 Å². The van der Waals surface area contributed by atoms with E-state index in [-0.39, 0.29) is 11.9 Å². The molecule has 0 aromatic heterocycles. The Hall–Kier alpha value is -1.56. The fraction of sp³-hybridized carbons (Fsp3) is 0.632. The first-order valence-corrected chi connectivity index (χ1v) is 9.13. The van der Waals surface area contributed by atoms with Gasteiger partial charge in [0.2, 0.25) is 5.91 Å². The van der Waals surface area contributed by atoms with Gasteiger partial charge in [-0.2, -0.15) is 13.2 Å². The third-order valence-corrected chi connectivity index (χ3v) is 5.33. The Kier molecular flexibility index (Phi) is 5.67. The van der Waals surface area contributed by atoms with Gasteiger partial charge in [0.1, 0.15) is 0 Å². The second kappa shape index (κ2) is 7.77. The number of amides is 1. The molecule has 1 aliphatic carbocycles. The Morgan fingerprint density at radius 3 is 2.64 bits per heavy atom. The SMILES string of the molecule is O=C1CCC(CCNCc2cccc(C(F)(F)F)c2)N1C1CCCC1. The molecule has 3 nitrogen and oxygen atoms in total. The van der Waals surface area contributed by atoms with Crippen LogP contribution in [0, 0.1) is 0 Å². The summed E-state index contributed by atoms with van der Waals surface area (Å²) in [6, 6.07) is 6.11. The molecule has 1 amide bonds. The van der Waals surface area contributed by atoms with Crippen LogP contribution < -0.4 is 5.32 Å². The largest absolute Gasteiger partial charge is 0.416 e. The fourth-order valence-corrected chi connectivity index (χ4v) is 4.09. The van der Waals surface area contributed by atoms with Gasteiger partial charge in [-0.15, -0.1) is 0 Å². The molecule has 138 valence electrons. The van der Waals surface area contributed by atoms with E-state index in [0.29, 0.717) is 31.1 Å². The normalized spacial score (nSPS) is 22.1. The molecule has 1 saturated heterocycles. The highest BCUT2D eigenvalue weighted by Gasteiger charge is 2.36. The number of hydrogen-bond acceptors (Lipinski definition) is 2. The molecule has 0 radical (unpaired) electrons. The van der Waals surface area contributed by atoms with Crippen molar-refractivity contribution in [1.29, 1.82) is 0 Å². The van der Waals surface area contributed by atoms with E-state index in [0.717, 1.165) is 31.7 Å². The maximum atomic E-state index is 12.7. The van der Waals surface area contributed by atoms with Gasteiger partial charge in [0, 0.05) is 25.0 Å². The van der Waals surface area contributed by atoms with Crippen molar-refractivity contribution in [2.75, 3.05) is 6.54 Å². The molecule has 1 N–H and O–H groups in total. The topological polar surface area (TPSA) is 32.3 Å². The van der Waals surface area contributed by atoms with Crippen LogP contribution >= 0.6 is 0 Å². The van der Waals surface area contributed by atoms with Gasteiger partial charge in [0.15, 0.2) is 0 Å². The zero-order valence-electron chi connectivity index (χ0n) is 14.3. The van der Waals surface area contributed by atoms with Crippen molar-refractivity contribution in [3.05, 3.63) is 35.4 Å². The van der Waals surface area contributed by atoms with Crippen molar-refractivity contribution >= 4 is 5.91 Å². The number of benzene rings is 1. The highest BCUT2D eigenvalue weighted by atomic mass is 19.4. The minimum Gasteiger partial charge on any atom is -0.337 e. The monoisotopic (exact) mass is 354 g/mol. The van der Waals surface area contributed by atoms with Gasteiger partial charge in [-0.1, -0.05) is 31.0 Å². The van der Waals surface area contributed by atoms with E-state index >= 15 is 0 Å². The minimum atomic E-state index is -4.30. The molecule has 3 rings (SSSR count). The number of hydrogen-bond donors (Lipinski definition) is 1. The smallest absolute Gasteiger partial charge is 0.337 e. The fourth-order valence-electron chi connectivity index (χ4n) is 4.09. The standard InChI is InChI=1S/C19H25F3N2O/c20-19(21,22)15-5-3-4-14(12-15)13-23-11-10-17-8-9-18(25)24(17)16-6-1-2-7-16/h3-5,12,16-17,23H,1-2,6-11,13H2. The molecular weight excluding hydrogens is 329 g/mol. The minimum absolute atomic E-state index is 0.273. The Morgan fingerprint density at radius 2 is 1.92 bits per heavy atom. The van der Waals surface area contributed by atoms with Crippen molar-refractivity contribution in [3.63, 3.8) is 0 Å². The highest BCUT2D eigenvalue weighted by Crippen LogP contribution is 2.32. The molecule has 0 bridgehead atoms. The molecule has 25 heavy (non-hydrogen) atoms. The summed E-state index contributed by atoms with van der Waals surface area (Å²) >= 11 is 0. The maximum absolute atomic E-state index is 12.7. The number of likely N-dealkylation sites (tertiary alicyclic amines) is 1. The highest BCUT2D eigenvalue weighted by molar-refractivity contribution is 5.79. The summed E-state index contributed by atoms with van der Waals surface area (Å²) < 4.78 is 38.2. The van der Waals surface area contributed by atoms with Crippen molar-refractivity contribution in [2.45, 2.75) is 69.8 Å². The third kappa shape index (κ3) is 4.54. The molecule has 1 aromatic carbocycles. The van der Waals surface area contributed by atoms with E-state index in [1.165, 1.54) is 25.0 Å². The van der Waals surface area contributed by atoms with Gasteiger partial charge >= 0.3 is 6.18 Å². The molecule has 1 heterocycles. The first kappa shape index (κ1) is 18.2. The maximum Gasteiger partial charge on any atom is 0.416 e. The first-order valence-electron chi connectivity index (χ1n) is 9.13. The number of carbonyl (C=O) groups is 1. The van der Waals surface area contributed by atoms with Crippen LogP contribution in [0.5, 0.6) is 0 Å². The van der Waals surface area contributed by atoms with Crippen LogP contribution in [0.25, 0.3) is 0 Å². The summed E-state index contributed by atoms with van der Waals surface area (Å²) in [5.41, 5.74) is 0.0190. The van der Waals surface area contributed by atoms with E-state index in [4.69, 9.17) is 0 Å². The Labute approximate surface area is 146 Å². The summed E-state index contributed by atoms with van der Waals surface area (Å²) in [6.45, 7) is 1.12. The number of nitrogens with zero attached hydrogens (tertiary/aromatic N) is 1. The van der Waals surface area contributed by atoms with Crippen molar-refractivity contribution in [1.82, 2.24) is 10.2 Å².